The molecule has 12 nitrogen and oxygen atoms in total. The zero-order chi connectivity index (χ0) is 29.0. The molecule has 4 aromatic rings. The molecule has 0 saturated carbocycles. The van der Waals surface area contributed by atoms with E-state index in [0.717, 1.165) is 9.13 Å². The van der Waals surface area contributed by atoms with E-state index in [0.29, 0.717) is 22.8 Å². The first-order valence-electron chi connectivity index (χ1n) is 11.7. The number of aromatic hydroxyl groups is 2. The number of aromatic amines is 2. The van der Waals surface area contributed by atoms with Crippen LogP contribution in [0.25, 0.3) is 23.5 Å². The molecule has 4 rings (SSSR count). The zero-order valence-corrected chi connectivity index (χ0v) is 21.6. The second kappa shape index (κ2) is 11.3. The predicted octanol–water partition coefficient (Wildman–Crippen LogP) is 2.07. The molecule has 0 bridgehead atoms. The molecular weight excluding hydrogens is 520 g/mol. The minimum atomic E-state index is -0.841. The Morgan fingerprint density at radius 2 is 1.18 bits per heavy atom. The molecule has 0 radical (unpaired) electrons. The maximum atomic E-state index is 12.4. The van der Waals surface area contributed by atoms with Crippen molar-refractivity contribution in [1.82, 2.24) is 19.1 Å². The van der Waals surface area contributed by atoms with Gasteiger partial charge in [-0.1, -0.05) is 6.08 Å². The number of benzene rings is 2. The van der Waals surface area contributed by atoms with E-state index in [-0.39, 0.29) is 16.8 Å². The van der Waals surface area contributed by atoms with Crippen molar-refractivity contribution in [3.63, 3.8) is 0 Å². The number of allylic oxidation sites excluding steroid dienone is 2. The van der Waals surface area contributed by atoms with Crippen molar-refractivity contribution in [2.75, 3.05) is 14.2 Å². The van der Waals surface area contributed by atoms with Gasteiger partial charge in [-0.25, -0.2) is 18.7 Å². The van der Waals surface area contributed by atoms with Gasteiger partial charge in [-0.15, -0.1) is 5.73 Å². The standard InChI is InChI=1S/C28H24N4O8/c1-16(4-14-21-23(33)29-27(37)31(25(21)35)17-6-10-19(39-2)11-7-17)5-15-22-24(34)30-28(38)32(26(22)36)18-8-12-20(40-3)13-9-18/h4,6-15,35-36H,1-3H3,(H,29,33,37)(H,30,34,38). The maximum absolute atomic E-state index is 12.4. The van der Waals surface area contributed by atoms with Crippen molar-refractivity contribution in [3.8, 4) is 34.6 Å². The average Bonchev–Trinajstić information content (AvgIpc) is 2.93. The topological polar surface area (TPSA) is 169 Å². The van der Waals surface area contributed by atoms with Crippen LogP contribution in [0.5, 0.6) is 23.3 Å². The Bertz CT molecular complexity index is 1900. The fourth-order valence-electron chi connectivity index (χ4n) is 3.74. The van der Waals surface area contributed by atoms with Crippen molar-refractivity contribution in [2.45, 2.75) is 6.92 Å². The van der Waals surface area contributed by atoms with E-state index in [4.69, 9.17) is 9.47 Å². The molecule has 4 N–H and O–H groups in total. The van der Waals surface area contributed by atoms with Crippen LogP contribution in [0.3, 0.4) is 0 Å². The molecule has 0 unspecified atom stereocenters. The zero-order valence-electron chi connectivity index (χ0n) is 21.6. The first-order valence-corrected chi connectivity index (χ1v) is 11.7. The minimum Gasteiger partial charge on any atom is -0.497 e. The SMILES string of the molecule is COc1ccc(-n2c(O)c(C=C=C(C)C=Cc3c(O)n(-c4ccc(OC)cc4)c(=O)[nH]c3=O)c(=O)[nH]c2=O)cc1. The molecule has 2 aromatic carbocycles. The molecule has 2 heterocycles. The summed E-state index contributed by atoms with van der Waals surface area (Å²) in [6.45, 7) is 1.59. The second-order valence-corrected chi connectivity index (χ2v) is 8.37. The van der Waals surface area contributed by atoms with E-state index in [2.05, 4.69) is 15.7 Å². The number of nitrogens with zero attached hydrogens (tertiary/aromatic N) is 2. The molecule has 12 heteroatoms. The molecular formula is C28H24N4O8. The van der Waals surface area contributed by atoms with Gasteiger partial charge in [-0.05, 0) is 73.2 Å². The first kappa shape index (κ1) is 27.3. The highest BCUT2D eigenvalue weighted by Gasteiger charge is 2.15. The van der Waals surface area contributed by atoms with Crippen molar-refractivity contribution < 1.29 is 19.7 Å². The van der Waals surface area contributed by atoms with Gasteiger partial charge in [0.15, 0.2) is 0 Å². The summed E-state index contributed by atoms with van der Waals surface area (Å²) in [5, 5.41) is 21.4. The molecule has 40 heavy (non-hydrogen) atoms. The third-order valence-corrected chi connectivity index (χ3v) is 5.85. The number of methoxy groups -OCH3 is 2. The Morgan fingerprint density at radius 3 is 1.62 bits per heavy atom. The Labute approximate surface area is 225 Å². The molecule has 0 amide bonds. The smallest absolute Gasteiger partial charge is 0.335 e. The number of hydrogen-bond acceptors (Lipinski definition) is 8. The Kier molecular flexibility index (Phi) is 7.74. The third-order valence-electron chi connectivity index (χ3n) is 5.85. The van der Waals surface area contributed by atoms with Gasteiger partial charge in [0.1, 0.15) is 22.6 Å². The van der Waals surface area contributed by atoms with Crippen LogP contribution in [-0.2, 0) is 0 Å². The van der Waals surface area contributed by atoms with Gasteiger partial charge in [0.2, 0.25) is 11.8 Å². The van der Waals surface area contributed by atoms with Gasteiger partial charge in [-0.3, -0.25) is 19.6 Å². The summed E-state index contributed by atoms with van der Waals surface area (Å²) in [6.07, 6.45) is 3.86. The lowest BCUT2D eigenvalue weighted by Gasteiger charge is -2.10. The fraction of sp³-hybridized carbons (Fsp3) is 0.107. The molecule has 0 fully saturated rings. The predicted molar refractivity (Wildman–Crippen MR) is 148 cm³/mol. The fourth-order valence-corrected chi connectivity index (χ4v) is 3.74. The van der Waals surface area contributed by atoms with Crippen LogP contribution < -0.4 is 32.0 Å². The van der Waals surface area contributed by atoms with Gasteiger partial charge < -0.3 is 19.7 Å². The number of hydrogen-bond donors (Lipinski definition) is 4. The van der Waals surface area contributed by atoms with E-state index in [1.165, 1.54) is 56.7 Å². The van der Waals surface area contributed by atoms with Crippen LogP contribution >= 0.6 is 0 Å². The molecule has 0 atom stereocenters. The van der Waals surface area contributed by atoms with Gasteiger partial charge >= 0.3 is 11.4 Å². The molecule has 2 aromatic heterocycles. The number of nitrogens with one attached hydrogen (secondary N) is 2. The molecule has 0 spiro atoms. The van der Waals surface area contributed by atoms with Crippen molar-refractivity contribution in [3.05, 3.63) is 119 Å². The van der Waals surface area contributed by atoms with Gasteiger partial charge in [0.25, 0.3) is 11.1 Å². The molecule has 0 aliphatic carbocycles. The summed E-state index contributed by atoms with van der Waals surface area (Å²) in [6, 6.07) is 12.5. The third kappa shape index (κ3) is 5.42. The first-order chi connectivity index (χ1) is 19.1. The number of H-pyrrole nitrogens is 2. The highest BCUT2D eigenvalue weighted by Crippen LogP contribution is 2.22. The summed E-state index contributed by atoms with van der Waals surface area (Å²) in [5.74, 6) is -0.121. The molecule has 0 aliphatic heterocycles. The van der Waals surface area contributed by atoms with E-state index in [1.807, 2.05) is 0 Å². The van der Waals surface area contributed by atoms with Crippen LogP contribution in [0.4, 0.5) is 0 Å². The Balaban J connectivity index is 1.72. The summed E-state index contributed by atoms with van der Waals surface area (Å²) in [5.41, 5.74) is -0.0227. The lowest BCUT2D eigenvalue weighted by Crippen LogP contribution is -2.30. The molecule has 0 saturated heterocycles. The average molecular weight is 545 g/mol. The number of rotatable bonds is 7. The highest BCUT2D eigenvalue weighted by molar-refractivity contribution is 5.60. The molecule has 204 valence electrons. The number of aromatic nitrogens is 4. The van der Waals surface area contributed by atoms with Gasteiger partial charge in [0.05, 0.1) is 25.6 Å². The van der Waals surface area contributed by atoms with Crippen LogP contribution in [0.15, 0.2) is 85.1 Å². The van der Waals surface area contributed by atoms with Crippen molar-refractivity contribution in [1.29, 1.82) is 0 Å². The summed E-state index contributed by atoms with van der Waals surface area (Å²) < 4.78 is 12.0. The van der Waals surface area contributed by atoms with Crippen molar-refractivity contribution >= 4 is 12.2 Å². The summed E-state index contributed by atoms with van der Waals surface area (Å²) in [4.78, 5) is 53.9. The Morgan fingerprint density at radius 1 is 0.750 bits per heavy atom. The van der Waals surface area contributed by atoms with E-state index < -0.39 is 34.3 Å². The normalized spacial score (nSPS) is 10.8. The minimum absolute atomic E-state index is 0.203. The Hall–Kier alpha value is -5.74. The summed E-state index contributed by atoms with van der Waals surface area (Å²) >= 11 is 0. The molecule has 0 aliphatic rings. The van der Waals surface area contributed by atoms with Crippen LogP contribution in [-0.4, -0.2) is 43.5 Å². The van der Waals surface area contributed by atoms with Gasteiger partial charge in [-0.2, -0.15) is 0 Å². The van der Waals surface area contributed by atoms with Gasteiger partial charge in [0, 0.05) is 0 Å². The summed E-state index contributed by atoms with van der Waals surface area (Å²) in [7, 11) is 2.97. The largest absolute Gasteiger partial charge is 0.497 e. The quantitative estimate of drug-likeness (QED) is 0.202. The van der Waals surface area contributed by atoms with Crippen molar-refractivity contribution in [2.24, 2.45) is 0 Å². The lowest BCUT2D eigenvalue weighted by atomic mass is 10.2. The van der Waals surface area contributed by atoms with Crippen LogP contribution in [0.1, 0.15) is 18.1 Å². The highest BCUT2D eigenvalue weighted by atomic mass is 16.5. The maximum Gasteiger partial charge on any atom is 0.335 e. The van der Waals surface area contributed by atoms with E-state index >= 15 is 0 Å². The van der Waals surface area contributed by atoms with E-state index in [9.17, 15) is 29.4 Å². The van der Waals surface area contributed by atoms with E-state index in [1.54, 1.807) is 31.2 Å². The van der Waals surface area contributed by atoms with Crippen LogP contribution in [0, 0.1) is 0 Å². The monoisotopic (exact) mass is 544 g/mol. The lowest BCUT2D eigenvalue weighted by molar-refractivity contribution is 0.414. The number of ether oxygens (including phenoxy) is 2. The van der Waals surface area contributed by atoms with Crippen LogP contribution in [0.2, 0.25) is 0 Å². The second-order valence-electron chi connectivity index (χ2n) is 8.37.